The molecule has 1 N–H and O–H groups in total. The fourth-order valence-electron chi connectivity index (χ4n) is 3.58. The number of ether oxygens (including phenoxy) is 2. The summed E-state index contributed by atoms with van der Waals surface area (Å²) >= 11 is 5.47. The number of hydrogen-bond acceptors (Lipinski definition) is 6. The molecule has 1 aliphatic heterocycles. The maximum Gasteiger partial charge on any atom is 0.573 e. The molecular weight excluding hydrogens is 483 g/mol. The minimum absolute atomic E-state index is 0.101. The van der Waals surface area contributed by atoms with E-state index in [1.54, 1.807) is 0 Å². The molecule has 2 atom stereocenters. The third-order valence-corrected chi connectivity index (χ3v) is 5.49. The molecule has 0 radical (unpaired) electrons. The predicted molar refractivity (Wildman–Crippen MR) is 116 cm³/mol. The van der Waals surface area contributed by atoms with E-state index in [9.17, 15) is 27.2 Å². The number of halogens is 5. The highest BCUT2D eigenvalue weighted by atomic mass is 35.5. The van der Waals surface area contributed by atoms with Crippen LogP contribution in [0.5, 0.6) is 5.75 Å². The Morgan fingerprint density at radius 3 is 2.29 bits per heavy atom. The van der Waals surface area contributed by atoms with Crippen molar-refractivity contribution in [2.45, 2.75) is 36.3 Å². The maximum absolute atomic E-state index is 14.1. The molecule has 1 fully saturated rings. The van der Waals surface area contributed by atoms with Crippen molar-refractivity contribution in [3.8, 4) is 5.75 Å². The van der Waals surface area contributed by atoms with Crippen LogP contribution in [0.25, 0.3) is 0 Å². The molecule has 14 heteroatoms. The number of carbonyl (C=O) groups is 2. The predicted octanol–water partition coefficient (Wildman–Crippen LogP) is 2.02. The molecule has 0 bridgehead atoms. The SMILES string of the molecule is B[C@](C(=O)NC1CCOCC1)(c1cncnc1)N(C(=O)[C@H](F)Cl)c1ccc(OC(F)(F)F)cc1. The second kappa shape index (κ2) is 10.6. The highest BCUT2D eigenvalue weighted by Gasteiger charge is 2.47. The largest absolute Gasteiger partial charge is 0.573 e. The number of benzene rings is 1. The van der Waals surface area contributed by atoms with Crippen molar-refractivity contribution in [1.29, 1.82) is 0 Å². The number of nitrogens with zero attached hydrogens (tertiary/aromatic N) is 3. The van der Waals surface area contributed by atoms with Crippen LogP contribution in [-0.4, -0.2) is 60.9 Å². The zero-order chi connectivity index (χ0) is 24.9. The average molecular weight is 503 g/mol. The molecule has 0 aliphatic carbocycles. The van der Waals surface area contributed by atoms with Crippen molar-refractivity contribution in [3.05, 3.63) is 48.5 Å². The molecule has 0 spiro atoms. The van der Waals surface area contributed by atoms with Crippen molar-refractivity contribution < 1.29 is 36.6 Å². The smallest absolute Gasteiger partial charge is 0.406 e. The third kappa shape index (κ3) is 5.95. The van der Waals surface area contributed by atoms with E-state index in [0.29, 0.717) is 26.1 Å². The number of amides is 2. The van der Waals surface area contributed by atoms with Crippen molar-refractivity contribution in [2.75, 3.05) is 18.1 Å². The van der Waals surface area contributed by atoms with Gasteiger partial charge < -0.3 is 14.8 Å². The Kier molecular flexibility index (Phi) is 7.98. The molecule has 2 heterocycles. The number of aromatic nitrogens is 2. The Labute approximate surface area is 198 Å². The lowest BCUT2D eigenvalue weighted by molar-refractivity contribution is -0.274. The standard InChI is InChI=1S/C20H20BClF4N4O4/c21-19(12-9-27-11-28-10-12,18(32)29-13-5-7-33-8-6-13)30(17(31)16(22)23)14-1-3-15(4-2-14)34-20(24,25)26/h1-4,9-11,13,16H,5-8,21H2,(H,29,32)/t16-,19+/m0/s1. The molecule has 2 aromatic rings. The van der Waals surface area contributed by atoms with E-state index in [1.165, 1.54) is 26.6 Å². The van der Waals surface area contributed by atoms with Crippen LogP contribution in [0.2, 0.25) is 0 Å². The van der Waals surface area contributed by atoms with Gasteiger partial charge in [0.05, 0.1) is 0 Å². The van der Waals surface area contributed by atoms with Gasteiger partial charge in [0.25, 0.3) is 11.5 Å². The highest BCUT2D eigenvalue weighted by Crippen LogP contribution is 2.34. The van der Waals surface area contributed by atoms with Crippen molar-refractivity contribution in [2.24, 2.45) is 0 Å². The zero-order valence-corrected chi connectivity index (χ0v) is 18.6. The number of anilines is 1. The minimum atomic E-state index is -4.93. The van der Waals surface area contributed by atoms with Gasteiger partial charge in [0.15, 0.2) is 7.85 Å². The molecular formula is C20H20BClF4N4O4. The summed E-state index contributed by atoms with van der Waals surface area (Å²) in [6, 6.07) is 3.76. The number of nitrogens with one attached hydrogen (secondary N) is 1. The Hall–Kier alpha value is -2.93. The summed E-state index contributed by atoms with van der Waals surface area (Å²) in [5, 5.41) is 2.84. The lowest BCUT2D eigenvalue weighted by atomic mass is 9.70. The van der Waals surface area contributed by atoms with E-state index in [2.05, 4.69) is 20.0 Å². The summed E-state index contributed by atoms with van der Waals surface area (Å²) in [4.78, 5) is 35.1. The van der Waals surface area contributed by atoms with Crippen LogP contribution < -0.4 is 15.0 Å². The average Bonchev–Trinajstić information content (AvgIpc) is 2.80. The third-order valence-electron chi connectivity index (χ3n) is 5.30. The number of rotatable bonds is 7. The first-order valence-electron chi connectivity index (χ1n) is 10.1. The van der Waals surface area contributed by atoms with Gasteiger partial charge in [0.1, 0.15) is 17.5 Å². The molecule has 34 heavy (non-hydrogen) atoms. The first kappa shape index (κ1) is 25.7. The lowest BCUT2D eigenvalue weighted by Gasteiger charge is -2.41. The van der Waals surface area contributed by atoms with Gasteiger partial charge in [0, 0.05) is 42.9 Å². The van der Waals surface area contributed by atoms with Gasteiger partial charge in [-0.1, -0.05) is 11.6 Å². The van der Waals surface area contributed by atoms with Crippen LogP contribution in [0.1, 0.15) is 18.4 Å². The number of carbonyl (C=O) groups excluding carboxylic acids is 2. The van der Waals surface area contributed by atoms with E-state index >= 15 is 0 Å². The van der Waals surface area contributed by atoms with Gasteiger partial charge in [-0.05, 0) is 37.1 Å². The Morgan fingerprint density at radius 2 is 1.76 bits per heavy atom. The molecule has 2 amide bonds. The molecule has 3 rings (SSSR count). The fraction of sp³-hybridized carbons (Fsp3) is 0.400. The molecule has 0 unspecified atom stereocenters. The van der Waals surface area contributed by atoms with Crippen LogP contribution in [0, 0.1) is 0 Å². The van der Waals surface area contributed by atoms with Crippen molar-refractivity contribution >= 4 is 36.9 Å². The fourth-order valence-corrected chi connectivity index (χ4v) is 3.68. The second-order valence-electron chi connectivity index (χ2n) is 7.58. The van der Waals surface area contributed by atoms with Crippen LogP contribution in [0.3, 0.4) is 0 Å². The van der Waals surface area contributed by atoms with E-state index in [1.807, 2.05) is 0 Å². The van der Waals surface area contributed by atoms with Gasteiger partial charge in [-0.2, -0.15) is 0 Å². The molecule has 1 aliphatic rings. The van der Waals surface area contributed by atoms with E-state index in [-0.39, 0.29) is 17.3 Å². The lowest BCUT2D eigenvalue weighted by Crippen LogP contribution is -2.62. The number of alkyl halides is 5. The summed E-state index contributed by atoms with van der Waals surface area (Å²) in [5.74, 6) is -2.56. The molecule has 182 valence electrons. The summed E-state index contributed by atoms with van der Waals surface area (Å²) in [6.07, 6.45) is -0.137. The zero-order valence-electron chi connectivity index (χ0n) is 17.9. The summed E-state index contributed by atoms with van der Waals surface area (Å²) in [5.41, 5.74) is -4.44. The van der Waals surface area contributed by atoms with Gasteiger partial charge in [-0.15, -0.1) is 13.2 Å². The number of hydrogen-bond donors (Lipinski definition) is 1. The first-order valence-corrected chi connectivity index (χ1v) is 10.6. The van der Waals surface area contributed by atoms with Crippen molar-refractivity contribution in [3.63, 3.8) is 0 Å². The maximum atomic E-state index is 14.1. The first-order chi connectivity index (χ1) is 16.0. The monoisotopic (exact) mass is 502 g/mol. The quantitative estimate of drug-likeness (QED) is 0.354. The van der Waals surface area contributed by atoms with E-state index in [0.717, 1.165) is 29.2 Å². The van der Waals surface area contributed by atoms with Crippen LogP contribution >= 0.6 is 11.6 Å². The highest BCUT2D eigenvalue weighted by molar-refractivity contribution is 6.37. The Bertz CT molecular complexity index is 994. The van der Waals surface area contributed by atoms with E-state index < -0.39 is 35.0 Å². The molecule has 1 aromatic carbocycles. The minimum Gasteiger partial charge on any atom is -0.406 e. The van der Waals surface area contributed by atoms with Gasteiger partial charge in [0.2, 0.25) is 5.91 Å². The summed E-state index contributed by atoms with van der Waals surface area (Å²) < 4.78 is 60.9. The molecule has 8 nitrogen and oxygen atoms in total. The van der Waals surface area contributed by atoms with Gasteiger partial charge in [-0.25, -0.2) is 14.4 Å². The Morgan fingerprint density at radius 1 is 1.18 bits per heavy atom. The van der Waals surface area contributed by atoms with Crippen molar-refractivity contribution in [1.82, 2.24) is 15.3 Å². The topological polar surface area (TPSA) is 93.6 Å². The van der Waals surface area contributed by atoms with Crippen LogP contribution in [0.15, 0.2) is 43.0 Å². The molecule has 1 saturated heterocycles. The Balaban J connectivity index is 2.07. The normalized spacial score (nSPS) is 17.3. The summed E-state index contributed by atoms with van der Waals surface area (Å²) in [6.45, 7) is 0.849. The summed E-state index contributed by atoms with van der Waals surface area (Å²) in [7, 11) is 1.34. The molecule has 1 aromatic heterocycles. The second-order valence-corrected chi connectivity index (χ2v) is 7.96. The van der Waals surface area contributed by atoms with Crippen LogP contribution in [0.4, 0.5) is 23.2 Å². The van der Waals surface area contributed by atoms with Gasteiger partial charge >= 0.3 is 6.36 Å². The van der Waals surface area contributed by atoms with E-state index in [4.69, 9.17) is 16.3 Å². The molecule has 0 saturated carbocycles. The van der Waals surface area contributed by atoms with Crippen LogP contribution in [-0.2, 0) is 19.8 Å². The van der Waals surface area contributed by atoms with Gasteiger partial charge in [-0.3, -0.25) is 14.5 Å².